The second-order valence-corrected chi connectivity index (χ2v) is 10.8. The number of carbonyl (C=O) groups is 1. The predicted molar refractivity (Wildman–Crippen MR) is 169 cm³/mol. The summed E-state index contributed by atoms with van der Waals surface area (Å²) in [5.41, 5.74) is 2.74. The van der Waals surface area contributed by atoms with E-state index in [0.717, 1.165) is 60.7 Å². The number of nitrogens with zero attached hydrogens (tertiary/aromatic N) is 7. The highest BCUT2D eigenvalue weighted by molar-refractivity contribution is 6.02. The number of alkyl halides is 3. The molecule has 0 aliphatic carbocycles. The van der Waals surface area contributed by atoms with E-state index in [4.69, 9.17) is 9.72 Å². The fourth-order valence-corrected chi connectivity index (χ4v) is 5.31. The number of halogens is 3. The summed E-state index contributed by atoms with van der Waals surface area (Å²) in [6.45, 7) is 2.00. The minimum Gasteiger partial charge on any atom is -0.424 e. The molecule has 47 heavy (non-hydrogen) atoms. The van der Waals surface area contributed by atoms with Crippen LogP contribution in [0.5, 0.6) is 11.8 Å². The SMILES string of the molecule is O=C(Nc1cnc(Oc2ccc(-c3cnn4ccc(N5CCCC5)nc34)cc2)nc1)Nc1cc(C(F)(F)F)ccc1-c1cccnc1. The summed E-state index contributed by atoms with van der Waals surface area (Å²) in [5.74, 6) is 1.43. The Morgan fingerprint density at radius 2 is 1.64 bits per heavy atom. The molecule has 1 aliphatic rings. The highest BCUT2D eigenvalue weighted by Gasteiger charge is 2.31. The fraction of sp³-hybridized carbons (Fsp3) is 0.152. The zero-order valence-corrected chi connectivity index (χ0v) is 24.6. The molecule has 14 heteroatoms. The first-order valence-electron chi connectivity index (χ1n) is 14.7. The number of benzene rings is 2. The molecular weight excluding hydrogens is 611 g/mol. The van der Waals surface area contributed by atoms with Crippen LogP contribution in [0.2, 0.25) is 0 Å². The van der Waals surface area contributed by atoms with Crippen LogP contribution in [0.25, 0.3) is 27.9 Å². The Hall–Kier alpha value is -6.05. The van der Waals surface area contributed by atoms with Crippen LogP contribution in [0.1, 0.15) is 18.4 Å². The zero-order valence-electron chi connectivity index (χ0n) is 24.6. The third kappa shape index (κ3) is 6.52. The summed E-state index contributed by atoms with van der Waals surface area (Å²) in [5, 5.41) is 9.46. The molecule has 0 saturated carbocycles. The van der Waals surface area contributed by atoms with Crippen LogP contribution in [0, 0.1) is 0 Å². The van der Waals surface area contributed by atoms with Crippen molar-refractivity contribution in [2.45, 2.75) is 19.0 Å². The first-order valence-corrected chi connectivity index (χ1v) is 14.7. The number of amides is 2. The molecule has 0 radical (unpaired) electrons. The van der Waals surface area contributed by atoms with E-state index in [1.807, 2.05) is 24.4 Å². The molecule has 1 saturated heterocycles. The lowest BCUT2D eigenvalue weighted by Crippen LogP contribution is -2.20. The maximum atomic E-state index is 13.4. The van der Waals surface area contributed by atoms with Gasteiger partial charge >= 0.3 is 18.2 Å². The molecule has 0 atom stereocenters. The monoisotopic (exact) mass is 637 g/mol. The number of anilines is 3. The molecule has 6 aromatic rings. The fourth-order valence-electron chi connectivity index (χ4n) is 5.31. The number of carbonyl (C=O) groups excluding carboxylic acids is 1. The summed E-state index contributed by atoms with van der Waals surface area (Å²) in [7, 11) is 0. The average molecular weight is 638 g/mol. The molecule has 0 unspecified atom stereocenters. The van der Waals surface area contributed by atoms with E-state index in [9.17, 15) is 18.0 Å². The van der Waals surface area contributed by atoms with Crippen LogP contribution in [-0.4, -0.2) is 48.7 Å². The molecule has 11 nitrogen and oxygen atoms in total. The number of hydrogen-bond donors (Lipinski definition) is 2. The number of ether oxygens (including phenoxy) is 1. The van der Waals surface area contributed by atoms with Gasteiger partial charge in [-0.25, -0.2) is 24.3 Å². The van der Waals surface area contributed by atoms with E-state index in [0.29, 0.717) is 16.9 Å². The lowest BCUT2D eigenvalue weighted by molar-refractivity contribution is -0.137. The van der Waals surface area contributed by atoms with Crippen molar-refractivity contribution in [2.24, 2.45) is 0 Å². The van der Waals surface area contributed by atoms with Crippen LogP contribution in [0.15, 0.2) is 97.8 Å². The van der Waals surface area contributed by atoms with Gasteiger partial charge in [-0.2, -0.15) is 18.3 Å². The van der Waals surface area contributed by atoms with Gasteiger partial charge in [0.15, 0.2) is 5.65 Å². The third-order valence-electron chi connectivity index (χ3n) is 7.61. The molecule has 0 spiro atoms. The number of aromatic nitrogens is 6. The van der Waals surface area contributed by atoms with Gasteiger partial charge < -0.3 is 20.3 Å². The van der Waals surface area contributed by atoms with Crippen molar-refractivity contribution in [3.05, 3.63) is 103 Å². The largest absolute Gasteiger partial charge is 0.424 e. The van der Waals surface area contributed by atoms with Crippen LogP contribution >= 0.6 is 0 Å². The number of urea groups is 1. The Morgan fingerprint density at radius 1 is 0.851 bits per heavy atom. The van der Waals surface area contributed by atoms with Gasteiger partial charge in [-0.15, -0.1) is 0 Å². The molecule has 236 valence electrons. The second-order valence-electron chi connectivity index (χ2n) is 10.8. The standard InChI is InChI=1S/C33H26F3N9O2/c34-33(35,36)23-7-10-26(22-4-3-12-37-17-22)28(16-23)42-31(46)41-24-18-38-32(39-19-24)47-25-8-5-21(6-9-25)27-20-40-45-15-11-29(43-30(27)45)44-13-1-2-14-44/h3-12,15-20H,1-2,13-14H2,(H2,41,42,46). The number of pyridine rings is 1. The molecule has 0 bridgehead atoms. The smallest absolute Gasteiger partial charge is 0.416 e. The highest BCUT2D eigenvalue weighted by Crippen LogP contribution is 2.36. The van der Waals surface area contributed by atoms with Gasteiger partial charge in [-0.1, -0.05) is 24.3 Å². The van der Waals surface area contributed by atoms with Crippen LogP contribution in [0.3, 0.4) is 0 Å². The molecule has 1 fully saturated rings. The molecule has 4 aromatic heterocycles. The van der Waals surface area contributed by atoms with E-state index < -0.39 is 17.8 Å². The van der Waals surface area contributed by atoms with E-state index in [1.165, 1.54) is 24.7 Å². The molecule has 2 N–H and O–H groups in total. The van der Waals surface area contributed by atoms with Gasteiger partial charge in [0.05, 0.1) is 35.5 Å². The summed E-state index contributed by atoms with van der Waals surface area (Å²) in [6, 6.07) is 15.0. The minimum atomic E-state index is -4.59. The van der Waals surface area contributed by atoms with Crippen molar-refractivity contribution in [3.63, 3.8) is 0 Å². The van der Waals surface area contributed by atoms with Gasteiger partial charge in [0.1, 0.15) is 11.6 Å². The zero-order chi connectivity index (χ0) is 32.4. The first-order chi connectivity index (χ1) is 22.8. The number of hydrogen-bond acceptors (Lipinski definition) is 8. The summed E-state index contributed by atoms with van der Waals surface area (Å²) >= 11 is 0. The Balaban J connectivity index is 1.01. The molecule has 7 rings (SSSR count). The topological polar surface area (TPSA) is 122 Å². The highest BCUT2D eigenvalue weighted by atomic mass is 19.4. The van der Waals surface area contributed by atoms with Gasteiger partial charge in [0.25, 0.3) is 0 Å². The van der Waals surface area contributed by atoms with E-state index in [1.54, 1.807) is 41.2 Å². The van der Waals surface area contributed by atoms with Gasteiger partial charge in [0, 0.05) is 48.4 Å². The van der Waals surface area contributed by atoms with E-state index >= 15 is 0 Å². The summed E-state index contributed by atoms with van der Waals surface area (Å²) in [4.78, 5) is 32.2. The van der Waals surface area contributed by atoms with E-state index in [-0.39, 0.29) is 17.4 Å². The van der Waals surface area contributed by atoms with E-state index in [2.05, 4.69) is 35.6 Å². The lowest BCUT2D eigenvalue weighted by Gasteiger charge is -2.16. The Kier molecular flexibility index (Phi) is 7.81. The molecule has 2 amide bonds. The van der Waals surface area contributed by atoms with Gasteiger partial charge in [-0.3, -0.25) is 4.98 Å². The first kappa shape index (κ1) is 29.6. The summed E-state index contributed by atoms with van der Waals surface area (Å²) < 4.78 is 47.8. The van der Waals surface area contributed by atoms with Crippen molar-refractivity contribution >= 4 is 28.9 Å². The summed E-state index contributed by atoms with van der Waals surface area (Å²) in [6.07, 6.45) is 7.12. The predicted octanol–water partition coefficient (Wildman–Crippen LogP) is 7.30. The van der Waals surface area contributed by atoms with Crippen molar-refractivity contribution in [2.75, 3.05) is 28.6 Å². The van der Waals surface area contributed by atoms with Crippen LogP contribution < -0.4 is 20.3 Å². The van der Waals surface area contributed by atoms with Crippen molar-refractivity contribution < 1.29 is 22.7 Å². The van der Waals surface area contributed by atoms with Gasteiger partial charge in [-0.05, 0) is 54.8 Å². The van der Waals surface area contributed by atoms with Crippen LogP contribution in [0.4, 0.5) is 35.2 Å². The Labute approximate surface area is 266 Å². The Bertz CT molecular complexity index is 2030. The second kappa shape index (κ2) is 12.4. The number of fused-ring (bicyclic) bond motifs is 1. The average Bonchev–Trinajstić information content (AvgIpc) is 3.77. The van der Waals surface area contributed by atoms with Crippen molar-refractivity contribution in [1.29, 1.82) is 0 Å². The van der Waals surface area contributed by atoms with Crippen molar-refractivity contribution in [3.8, 4) is 34.0 Å². The Morgan fingerprint density at radius 3 is 2.36 bits per heavy atom. The molecule has 2 aromatic carbocycles. The maximum Gasteiger partial charge on any atom is 0.416 e. The van der Waals surface area contributed by atoms with Crippen molar-refractivity contribution in [1.82, 2.24) is 29.5 Å². The molecular formula is C33H26F3N9O2. The quantitative estimate of drug-likeness (QED) is 0.187. The number of rotatable bonds is 7. The minimum absolute atomic E-state index is 0.0355. The third-order valence-corrected chi connectivity index (χ3v) is 7.61. The van der Waals surface area contributed by atoms with Gasteiger partial charge in [0.2, 0.25) is 0 Å². The molecule has 5 heterocycles. The number of nitrogens with one attached hydrogen (secondary N) is 2. The molecule has 1 aliphatic heterocycles. The maximum absolute atomic E-state index is 13.4. The lowest BCUT2D eigenvalue weighted by atomic mass is 10.0. The normalized spacial score (nSPS) is 13.1. The van der Waals surface area contributed by atoms with Crippen LogP contribution in [-0.2, 0) is 6.18 Å².